The van der Waals surface area contributed by atoms with E-state index in [0.29, 0.717) is 12.4 Å². The molecule has 2 nitrogen and oxygen atoms in total. The monoisotopic (exact) mass is 199 g/mol. The second-order valence-corrected chi connectivity index (χ2v) is 3.34. The summed E-state index contributed by atoms with van der Waals surface area (Å²) in [4.78, 5) is 0. The molecule has 0 fully saturated rings. The Labute approximate surface area is 80.7 Å². The van der Waals surface area contributed by atoms with Crippen molar-refractivity contribution in [3.63, 3.8) is 0 Å². The summed E-state index contributed by atoms with van der Waals surface area (Å²) in [5, 5.41) is 0. The first-order valence-electron chi connectivity index (χ1n) is 4.49. The zero-order valence-electron chi connectivity index (χ0n) is 7.54. The average molecular weight is 199 g/mol. The van der Waals surface area contributed by atoms with Gasteiger partial charge in [0.1, 0.15) is 5.75 Å². The first-order valence-corrected chi connectivity index (χ1v) is 4.49. The molecule has 76 valence electrons. The Bertz CT molecular complexity index is 341. The summed E-state index contributed by atoms with van der Waals surface area (Å²) in [6, 6.07) is 4.31. The molecule has 14 heavy (non-hydrogen) atoms. The van der Waals surface area contributed by atoms with E-state index in [4.69, 9.17) is 10.5 Å². The van der Waals surface area contributed by atoms with E-state index in [-0.39, 0.29) is 11.6 Å². The molecule has 1 heterocycles. The van der Waals surface area contributed by atoms with Gasteiger partial charge in [0.15, 0.2) is 0 Å². The molecule has 4 heteroatoms. The normalized spacial score (nSPS) is 20.4. The second-order valence-electron chi connectivity index (χ2n) is 3.34. The van der Waals surface area contributed by atoms with Crippen molar-refractivity contribution in [1.82, 2.24) is 0 Å². The molecule has 1 unspecified atom stereocenters. The van der Waals surface area contributed by atoms with Crippen molar-refractivity contribution in [3.8, 4) is 5.75 Å². The molecule has 0 aliphatic carbocycles. The molecular formula is C10H11F2NO. The highest BCUT2D eigenvalue weighted by atomic mass is 19.3. The first-order chi connectivity index (χ1) is 6.68. The number of ether oxygens (including phenoxy) is 1. The van der Waals surface area contributed by atoms with Crippen LogP contribution in [0.1, 0.15) is 30.0 Å². The third kappa shape index (κ3) is 1.57. The molecule has 1 aliphatic rings. The van der Waals surface area contributed by atoms with Gasteiger partial charge in [-0.15, -0.1) is 0 Å². The lowest BCUT2D eigenvalue weighted by molar-refractivity contribution is 0.150. The number of nitrogens with two attached hydrogens (primary N) is 1. The lowest BCUT2D eigenvalue weighted by Gasteiger charge is -2.23. The topological polar surface area (TPSA) is 35.2 Å². The fourth-order valence-corrected chi connectivity index (χ4v) is 1.57. The van der Waals surface area contributed by atoms with E-state index >= 15 is 0 Å². The summed E-state index contributed by atoms with van der Waals surface area (Å²) in [7, 11) is 0. The number of hydrogen-bond donors (Lipinski definition) is 1. The summed E-state index contributed by atoms with van der Waals surface area (Å²) < 4.78 is 30.0. The number of alkyl halides is 2. The lowest BCUT2D eigenvalue weighted by Crippen LogP contribution is -2.20. The Balaban J connectivity index is 2.39. The van der Waals surface area contributed by atoms with Gasteiger partial charge < -0.3 is 10.5 Å². The Hall–Kier alpha value is -1.16. The Kier molecular flexibility index (Phi) is 2.37. The van der Waals surface area contributed by atoms with Crippen molar-refractivity contribution in [2.75, 3.05) is 6.61 Å². The van der Waals surface area contributed by atoms with Crippen LogP contribution in [0.25, 0.3) is 0 Å². The zero-order valence-corrected chi connectivity index (χ0v) is 7.54. The van der Waals surface area contributed by atoms with Crippen molar-refractivity contribution in [2.24, 2.45) is 5.73 Å². The highest BCUT2D eigenvalue weighted by Gasteiger charge is 2.19. The maximum absolute atomic E-state index is 12.3. The van der Waals surface area contributed by atoms with E-state index in [2.05, 4.69) is 0 Å². The highest BCUT2D eigenvalue weighted by Crippen LogP contribution is 2.33. The minimum absolute atomic E-state index is 0.0159. The van der Waals surface area contributed by atoms with Gasteiger partial charge in [-0.05, 0) is 6.07 Å². The number of rotatable bonds is 1. The van der Waals surface area contributed by atoms with Gasteiger partial charge in [-0.2, -0.15) is 0 Å². The van der Waals surface area contributed by atoms with Crippen LogP contribution in [0, 0.1) is 0 Å². The first kappa shape index (κ1) is 9.40. The third-order valence-corrected chi connectivity index (χ3v) is 2.38. The zero-order chi connectivity index (χ0) is 10.1. The summed E-state index contributed by atoms with van der Waals surface area (Å²) in [6.45, 7) is 0.501. The molecule has 0 aromatic heterocycles. The maximum Gasteiger partial charge on any atom is 0.263 e. The molecule has 2 rings (SSSR count). The minimum atomic E-state index is -2.46. The van der Waals surface area contributed by atoms with E-state index in [1.54, 1.807) is 6.07 Å². The van der Waals surface area contributed by atoms with Crippen molar-refractivity contribution >= 4 is 0 Å². The molecular weight excluding hydrogens is 188 g/mol. The van der Waals surface area contributed by atoms with Crippen molar-refractivity contribution in [3.05, 3.63) is 29.3 Å². The van der Waals surface area contributed by atoms with E-state index in [0.717, 1.165) is 12.0 Å². The largest absolute Gasteiger partial charge is 0.493 e. The van der Waals surface area contributed by atoms with Gasteiger partial charge in [-0.3, -0.25) is 0 Å². The van der Waals surface area contributed by atoms with Crippen molar-refractivity contribution in [1.29, 1.82) is 0 Å². The molecule has 0 radical (unpaired) electrons. The van der Waals surface area contributed by atoms with Gasteiger partial charge in [-0.25, -0.2) is 8.78 Å². The molecule has 0 spiro atoms. The fraction of sp³-hybridized carbons (Fsp3) is 0.400. The van der Waals surface area contributed by atoms with Crippen LogP contribution >= 0.6 is 0 Å². The van der Waals surface area contributed by atoms with Gasteiger partial charge >= 0.3 is 0 Å². The number of benzene rings is 1. The molecule has 0 bridgehead atoms. The SMILES string of the molecule is NC1CCOc2cc(C(F)F)ccc21. The highest BCUT2D eigenvalue weighted by molar-refractivity contribution is 5.41. The summed E-state index contributed by atoms with van der Waals surface area (Å²) >= 11 is 0. The quantitative estimate of drug-likeness (QED) is 0.753. The van der Waals surface area contributed by atoms with Crippen LogP contribution in [0.5, 0.6) is 5.75 Å². The molecule has 1 aromatic carbocycles. The lowest BCUT2D eigenvalue weighted by atomic mass is 10.00. The predicted molar refractivity (Wildman–Crippen MR) is 48.4 cm³/mol. The molecule has 1 atom stereocenters. The summed E-state index contributed by atoms with van der Waals surface area (Å²) in [5.41, 5.74) is 6.61. The van der Waals surface area contributed by atoms with Crippen LogP contribution < -0.4 is 10.5 Å². The van der Waals surface area contributed by atoms with E-state index in [9.17, 15) is 8.78 Å². The standard InChI is InChI=1S/C10H11F2NO/c11-10(12)6-1-2-7-8(13)3-4-14-9(7)5-6/h1-2,5,8,10H,3-4,13H2. The molecule has 0 amide bonds. The van der Waals surface area contributed by atoms with Crippen molar-refractivity contribution < 1.29 is 13.5 Å². The summed E-state index contributed by atoms with van der Waals surface area (Å²) in [5.74, 6) is 0.501. The van der Waals surface area contributed by atoms with Crippen LogP contribution in [-0.4, -0.2) is 6.61 Å². The number of hydrogen-bond acceptors (Lipinski definition) is 2. The molecule has 1 aromatic rings. The van der Waals surface area contributed by atoms with E-state index < -0.39 is 6.43 Å². The maximum atomic E-state index is 12.3. The Morgan fingerprint density at radius 1 is 1.43 bits per heavy atom. The average Bonchev–Trinajstić information content (AvgIpc) is 2.17. The minimum Gasteiger partial charge on any atom is -0.493 e. The fourth-order valence-electron chi connectivity index (χ4n) is 1.57. The van der Waals surface area contributed by atoms with Gasteiger partial charge in [0.25, 0.3) is 6.43 Å². The van der Waals surface area contributed by atoms with Crippen LogP contribution in [0.2, 0.25) is 0 Å². The number of halogens is 2. The van der Waals surface area contributed by atoms with Gasteiger partial charge in [0.2, 0.25) is 0 Å². The summed E-state index contributed by atoms with van der Waals surface area (Å²) in [6.07, 6.45) is -1.72. The van der Waals surface area contributed by atoms with Crippen LogP contribution in [0.4, 0.5) is 8.78 Å². The van der Waals surface area contributed by atoms with Gasteiger partial charge in [-0.1, -0.05) is 12.1 Å². The molecule has 1 aliphatic heterocycles. The smallest absolute Gasteiger partial charge is 0.263 e. The second kappa shape index (κ2) is 3.53. The Morgan fingerprint density at radius 2 is 2.21 bits per heavy atom. The van der Waals surface area contributed by atoms with E-state index in [1.807, 2.05) is 0 Å². The van der Waals surface area contributed by atoms with Gasteiger partial charge in [0, 0.05) is 23.6 Å². The molecule has 2 N–H and O–H groups in total. The molecule has 0 saturated heterocycles. The molecule has 0 saturated carbocycles. The number of fused-ring (bicyclic) bond motifs is 1. The van der Waals surface area contributed by atoms with Gasteiger partial charge in [0.05, 0.1) is 6.61 Å². The third-order valence-electron chi connectivity index (χ3n) is 2.38. The van der Waals surface area contributed by atoms with E-state index in [1.165, 1.54) is 12.1 Å². The van der Waals surface area contributed by atoms with Crippen LogP contribution in [0.3, 0.4) is 0 Å². The predicted octanol–water partition coefficient (Wildman–Crippen LogP) is 2.41. The van der Waals surface area contributed by atoms with Crippen LogP contribution in [-0.2, 0) is 0 Å². The van der Waals surface area contributed by atoms with Crippen LogP contribution in [0.15, 0.2) is 18.2 Å². The Morgan fingerprint density at radius 3 is 2.93 bits per heavy atom. The van der Waals surface area contributed by atoms with Crippen molar-refractivity contribution in [2.45, 2.75) is 18.9 Å².